The number of rotatable bonds is 3. The van der Waals surface area contributed by atoms with Crippen molar-refractivity contribution in [3.8, 4) is 0 Å². The molecule has 3 rings (SSSR count). The van der Waals surface area contributed by atoms with Gasteiger partial charge in [0, 0.05) is 17.1 Å². The fourth-order valence-electron chi connectivity index (χ4n) is 2.10. The molecule has 1 atom stereocenters. The van der Waals surface area contributed by atoms with Crippen molar-refractivity contribution in [2.24, 2.45) is 0 Å². The van der Waals surface area contributed by atoms with E-state index in [0.717, 1.165) is 16.5 Å². The zero-order valence-electron chi connectivity index (χ0n) is 10.9. The lowest BCUT2D eigenvalue weighted by Gasteiger charge is -2.06. The minimum Gasteiger partial charge on any atom is -0.387 e. The summed E-state index contributed by atoms with van der Waals surface area (Å²) in [7, 11) is 0. The maximum absolute atomic E-state index is 13.6. The second-order valence-corrected chi connectivity index (χ2v) is 4.66. The van der Waals surface area contributed by atoms with E-state index in [4.69, 9.17) is 0 Å². The Labute approximate surface area is 114 Å². The Hall–Kier alpha value is -2.34. The Morgan fingerprint density at radius 1 is 1.40 bits per heavy atom. The van der Waals surface area contributed by atoms with Gasteiger partial charge in [0.25, 0.3) is 0 Å². The number of pyridine rings is 1. The van der Waals surface area contributed by atoms with Gasteiger partial charge in [-0.15, -0.1) is 5.10 Å². The van der Waals surface area contributed by atoms with Crippen molar-refractivity contribution >= 4 is 10.9 Å². The fourth-order valence-corrected chi connectivity index (χ4v) is 2.10. The molecule has 1 aromatic carbocycles. The summed E-state index contributed by atoms with van der Waals surface area (Å²) in [5.74, 6) is -0.309. The first-order chi connectivity index (χ1) is 9.63. The number of aromatic nitrogens is 4. The predicted octanol–water partition coefficient (Wildman–Crippen LogP) is 2.07. The average Bonchev–Trinajstić information content (AvgIpc) is 2.87. The largest absolute Gasteiger partial charge is 0.387 e. The molecule has 0 spiro atoms. The van der Waals surface area contributed by atoms with Crippen molar-refractivity contribution in [3.05, 3.63) is 53.7 Å². The molecular weight excluding hydrogens is 259 g/mol. The number of nitrogens with zero attached hydrogens (tertiary/aromatic N) is 4. The molecule has 0 aliphatic rings. The van der Waals surface area contributed by atoms with Gasteiger partial charge in [-0.3, -0.25) is 4.98 Å². The predicted molar refractivity (Wildman–Crippen MR) is 71.5 cm³/mol. The van der Waals surface area contributed by atoms with E-state index in [9.17, 15) is 9.50 Å². The van der Waals surface area contributed by atoms with E-state index in [1.807, 2.05) is 6.07 Å². The molecule has 0 saturated carbocycles. The molecule has 0 saturated heterocycles. The zero-order chi connectivity index (χ0) is 14.1. The van der Waals surface area contributed by atoms with Crippen LogP contribution in [-0.4, -0.2) is 25.1 Å². The van der Waals surface area contributed by atoms with Crippen LogP contribution in [0.25, 0.3) is 10.9 Å². The highest BCUT2D eigenvalue weighted by atomic mass is 19.1. The maximum Gasteiger partial charge on any atom is 0.124 e. The quantitative estimate of drug-likeness (QED) is 0.792. The van der Waals surface area contributed by atoms with E-state index in [1.165, 1.54) is 12.1 Å². The van der Waals surface area contributed by atoms with Crippen molar-refractivity contribution < 1.29 is 9.50 Å². The van der Waals surface area contributed by atoms with Crippen LogP contribution in [0.15, 0.2) is 36.7 Å². The van der Waals surface area contributed by atoms with Gasteiger partial charge in [-0.25, -0.2) is 9.07 Å². The van der Waals surface area contributed by atoms with Gasteiger partial charge in [0.1, 0.15) is 11.5 Å². The van der Waals surface area contributed by atoms with Crippen LogP contribution in [-0.2, 0) is 6.54 Å². The summed E-state index contributed by atoms with van der Waals surface area (Å²) in [6.45, 7) is 1.97. The van der Waals surface area contributed by atoms with Gasteiger partial charge < -0.3 is 5.11 Å². The Bertz CT molecular complexity index is 754. The molecule has 0 aliphatic heterocycles. The first kappa shape index (κ1) is 12.7. The highest BCUT2D eigenvalue weighted by molar-refractivity contribution is 5.81. The highest BCUT2D eigenvalue weighted by Crippen LogP contribution is 2.19. The third-order valence-electron chi connectivity index (χ3n) is 3.07. The lowest BCUT2D eigenvalue weighted by Crippen LogP contribution is -2.02. The smallest absolute Gasteiger partial charge is 0.124 e. The molecule has 1 unspecified atom stereocenters. The maximum atomic E-state index is 13.6. The lowest BCUT2D eigenvalue weighted by atomic mass is 10.1. The van der Waals surface area contributed by atoms with Crippen molar-refractivity contribution in [1.29, 1.82) is 0 Å². The summed E-state index contributed by atoms with van der Waals surface area (Å²) >= 11 is 0. The summed E-state index contributed by atoms with van der Waals surface area (Å²) in [6.07, 6.45) is 2.64. The minimum absolute atomic E-state index is 0.309. The molecule has 0 bridgehead atoms. The second-order valence-electron chi connectivity index (χ2n) is 4.66. The van der Waals surface area contributed by atoms with Gasteiger partial charge in [0.15, 0.2) is 0 Å². The van der Waals surface area contributed by atoms with Gasteiger partial charge in [-0.2, -0.15) is 0 Å². The number of fused-ring (bicyclic) bond motifs is 1. The van der Waals surface area contributed by atoms with Crippen LogP contribution < -0.4 is 0 Å². The van der Waals surface area contributed by atoms with E-state index < -0.39 is 6.10 Å². The summed E-state index contributed by atoms with van der Waals surface area (Å²) in [4.78, 5) is 4.28. The normalized spacial score (nSPS) is 12.8. The third-order valence-corrected chi connectivity index (χ3v) is 3.07. The molecule has 0 aliphatic carbocycles. The second kappa shape index (κ2) is 4.97. The number of hydrogen-bond acceptors (Lipinski definition) is 4. The number of hydrogen-bond donors (Lipinski definition) is 1. The van der Waals surface area contributed by atoms with Crippen molar-refractivity contribution in [2.75, 3.05) is 0 Å². The average molecular weight is 272 g/mol. The van der Waals surface area contributed by atoms with Gasteiger partial charge in [0.2, 0.25) is 0 Å². The molecule has 6 heteroatoms. The molecule has 5 nitrogen and oxygen atoms in total. The van der Waals surface area contributed by atoms with Crippen LogP contribution in [0.1, 0.15) is 24.3 Å². The van der Waals surface area contributed by atoms with Crippen molar-refractivity contribution in [2.45, 2.75) is 19.6 Å². The Morgan fingerprint density at radius 2 is 2.25 bits per heavy atom. The molecule has 2 heterocycles. The summed E-state index contributed by atoms with van der Waals surface area (Å²) in [5.41, 5.74) is 1.95. The Kier molecular flexibility index (Phi) is 3.15. The van der Waals surface area contributed by atoms with Gasteiger partial charge >= 0.3 is 0 Å². The van der Waals surface area contributed by atoms with Crippen LogP contribution in [0, 0.1) is 5.82 Å². The monoisotopic (exact) mass is 272 g/mol. The van der Waals surface area contributed by atoms with Crippen LogP contribution >= 0.6 is 0 Å². The Balaban J connectivity index is 2.01. The van der Waals surface area contributed by atoms with Crippen LogP contribution in [0.4, 0.5) is 4.39 Å². The summed E-state index contributed by atoms with van der Waals surface area (Å²) < 4.78 is 15.2. The van der Waals surface area contributed by atoms with E-state index in [-0.39, 0.29) is 5.82 Å². The molecule has 0 amide bonds. The first-order valence-electron chi connectivity index (χ1n) is 6.25. The third kappa shape index (κ3) is 2.37. The molecule has 102 valence electrons. The molecule has 20 heavy (non-hydrogen) atoms. The number of aliphatic hydroxyl groups is 1. The molecule has 2 aromatic heterocycles. The van der Waals surface area contributed by atoms with E-state index in [0.29, 0.717) is 12.2 Å². The number of aliphatic hydroxyl groups excluding tert-OH is 1. The van der Waals surface area contributed by atoms with E-state index >= 15 is 0 Å². The topological polar surface area (TPSA) is 63.8 Å². The SMILES string of the molecule is CC(O)c1cn(Cc2cc(F)cc3cccnc23)nn1. The van der Waals surface area contributed by atoms with E-state index in [2.05, 4.69) is 15.3 Å². The van der Waals surface area contributed by atoms with E-state index in [1.54, 1.807) is 30.1 Å². The first-order valence-corrected chi connectivity index (χ1v) is 6.25. The standard InChI is InChI=1S/C14H13FN4O/c1-9(20)13-8-19(18-17-13)7-11-6-12(15)5-10-3-2-4-16-14(10)11/h2-6,8-9,20H,7H2,1H3. The molecular formula is C14H13FN4O. The van der Waals surface area contributed by atoms with Crippen molar-refractivity contribution in [1.82, 2.24) is 20.0 Å². The highest BCUT2D eigenvalue weighted by Gasteiger charge is 2.10. The van der Waals surface area contributed by atoms with Crippen LogP contribution in [0.2, 0.25) is 0 Å². The molecule has 3 aromatic rings. The van der Waals surface area contributed by atoms with Crippen molar-refractivity contribution in [3.63, 3.8) is 0 Å². The van der Waals surface area contributed by atoms with Crippen LogP contribution in [0.3, 0.4) is 0 Å². The number of benzene rings is 1. The summed E-state index contributed by atoms with van der Waals surface area (Å²) in [6, 6.07) is 6.48. The molecule has 1 N–H and O–H groups in total. The van der Waals surface area contributed by atoms with Gasteiger partial charge in [-0.1, -0.05) is 11.3 Å². The zero-order valence-corrected chi connectivity index (χ0v) is 10.9. The van der Waals surface area contributed by atoms with Gasteiger partial charge in [-0.05, 0) is 25.1 Å². The van der Waals surface area contributed by atoms with Crippen LogP contribution in [0.5, 0.6) is 0 Å². The minimum atomic E-state index is -0.675. The molecule has 0 fully saturated rings. The lowest BCUT2D eigenvalue weighted by molar-refractivity contribution is 0.194. The Morgan fingerprint density at radius 3 is 3.00 bits per heavy atom. The van der Waals surface area contributed by atoms with Gasteiger partial charge in [0.05, 0.1) is 24.4 Å². The number of halogens is 1. The fraction of sp³-hybridized carbons (Fsp3) is 0.214. The summed E-state index contributed by atoms with van der Waals surface area (Å²) in [5, 5.41) is 18.0. The molecule has 0 radical (unpaired) electrons.